The van der Waals surface area contributed by atoms with Crippen molar-refractivity contribution in [1.29, 1.82) is 0 Å². The fourth-order valence-electron chi connectivity index (χ4n) is 2.30. The van der Waals surface area contributed by atoms with Crippen LogP contribution in [0.3, 0.4) is 0 Å². The summed E-state index contributed by atoms with van der Waals surface area (Å²) in [6, 6.07) is 9.54. The number of aromatic carboxylic acids is 2. The van der Waals surface area contributed by atoms with Crippen LogP contribution in [0.4, 0.5) is 0 Å². The standard InChI is InChI=1S/C21H16O10/c22-16(30-20(28)14-8-4-12(5-9-14)18(24)25)2-1-3-17(23)31-21(29)15-10-6-13(7-11-15)19(26)27/h4-11H,1-3H2,(H,24,25)(H,26,27). The minimum atomic E-state index is -1.17. The van der Waals surface area contributed by atoms with Crippen LogP contribution >= 0.6 is 0 Å². The van der Waals surface area contributed by atoms with Gasteiger partial charge >= 0.3 is 35.8 Å². The van der Waals surface area contributed by atoms with Crippen molar-refractivity contribution in [1.82, 2.24) is 0 Å². The second kappa shape index (κ2) is 10.4. The zero-order valence-corrected chi connectivity index (χ0v) is 15.9. The number of esters is 4. The second-order valence-corrected chi connectivity index (χ2v) is 6.14. The fourth-order valence-corrected chi connectivity index (χ4v) is 2.30. The monoisotopic (exact) mass is 428 g/mol. The minimum Gasteiger partial charge on any atom is -0.478 e. The largest absolute Gasteiger partial charge is 0.478 e. The SMILES string of the molecule is O=C(CCCC(=O)OC(=O)c1ccc(C(=O)O)cc1)OC(=O)c1ccc(C(=O)O)cc1. The van der Waals surface area contributed by atoms with E-state index in [0.717, 1.165) is 0 Å². The van der Waals surface area contributed by atoms with Gasteiger partial charge in [0.25, 0.3) is 0 Å². The van der Waals surface area contributed by atoms with E-state index in [-0.39, 0.29) is 41.5 Å². The van der Waals surface area contributed by atoms with Gasteiger partial charge in [0, 0.05) is 12.8 Å². The van der Waals surface area contributed by atoms with Crippen molar-refractivity contribution in [3.05, 3.63) is 70.8 Å². The van der Waals surface area contributed by atoms with E-state index < -0.39 is 35.8 Å². The number of carboxylic acids is 2. The van der Waals surface area contributed by atoms with Gasteiger partial charge in [0.15, 0.2) is 0 Å². The quantitative estimate of drug-likeness (QED) is 0.471. The number of hydrogen-bond acceptors (Lipinski definition) is 8. The number of ether oxygens (including phenoxy) is 2. The molecule has 10 nitrogen and oxygen atoms in total. The first kappa shape index (κ1) is 22.9. The lowest BCUT2D eigenvalue weighted by atomic mass is 10.1. The molecule has 0 saturated heterocycles. The normalized spacial score (nSPS) is 10.1. The van der Waals surface area contributed by atoms with E-state index in [0.29, 0.717) is 0 Å². The molecule has 2 N–H and O–H groups in total. The first-order chi connectivity index (χ1) is 14.7. The molecule has 0 heterocycles. The summed E-state index contributed by atoms with van der Waals surface area (Å²) in [7, 11) is 0. The van der Waals surface area contributed by atoms with Crippen molar-refractivity contribution < 1.29 is 48.5 Å². The van der Waals surface area contributed by atoms with Crippen LogP contribution in [0.2, 0.25) is 0 Å². The molecule has 2 aromatic carbocycles. The molecular formula is C21H16O10. The van der Waals surface area contributed by atoms with Crippen LogP contribution in [0.1, 0.15) is 60.7 Å². The van der Waals surface area contributed by atoms with Gasteiger partial charge in [-0.05, 0) is 55.0 Å². The van der Waals surface area contributed by atoms with Crippen LogP contribution < -0.4 is 0 Å². The van der Waals surface area contributed by atoms with Crippen molar-refractivity contribution in [3.8, 4) is 0 Å². The topological polar surface area (TPSA) is 161 Å². The molecule has 0 aliphatic carbocycles. The van der Waals surface area contributed by atoms with E-state index in [1.54, 1.807) is 0 Å². The highest BCUT2D eigenvalue weighted by Gasteiger charge is 2.17. The summed E-state index contributed by atoms with van der Waals surface area (Å²) >= 11 is 0. The highest BCUT2D eigenvalue weighted by Crippen LogP contribution is 2.10. The number of carbonyl (C=O) groups excluding carboxylic acids is 4. The molecule has 0 radical (unpaired) electrons. The maximum atomic E-state index is 11.8. The molecule has 0 unspecified atom stereocenters. The summed E-state index contributed by atoms with van der Waals surface area (Å²) in [6.45, 7) is 0. The third-order valence-electron chi connectivity index (χ3n) is 3.91. The lowest BCUT2D eigenvalue weighted by molar-refractivity contribution is -0.139. The number of carbonyl (C=O) groups is 6. The van der Waals surface area contributed by atoms with Gasteiger partial charge in [0.2, 0.25) is 0 Å². The molecule has 0 fully saturated rings. The average Bonchev–Trinajstić information content (AvgIpc) is 2.73. The number of hydrogen-bond donors (Lipinski definition) is 2. The van der Waals surface area contributed by atoms with Gasteiger partial charge in [-0.1, -0.05) is 0 Å². The first-order valence-corrected chi connectivity index (χ1v) is 8.84. The third-order valence-corrected chi connectivity index (χ3v) is 3.91. The van der Waals surface area contributed by atoms with Crippen LogP contribution in [0.5, 0.6) is 0 Å². The van der Waals surface area contributed by atoms with E-state index in [2.05, 4.69) is 9.47 Å². The van der Waals surface area contributed by atoms with Gasteiger partial charge < -0.3 is 19.7 Å². The molecule has 0 aliphatic heterocycles. The molecule has 2 rings (SSSR count). The first-order valence-electron chi connectivity index (χ1n) is 8.84. The lowest BCUT2D eigenvalue weighted by Crippen LogP contribution is -2.15. The minimum absolute atomic E-state index is 0.0164. The Kier molecular flexibility index (Phi) is 7.73. The smallest absolute Gasteiger partial charge is 0.345 e. The van der Waals surface area contributed by atoms with Gasteiger partial charge in [-0.2, -0.15) is 0 Å². The Hall–Kier alpha value is -4.34. The fraction of sp³-hybridized carbons (Fsp3) is 0.143. The Balaban J connectivity index is 1.75. The van der Waals surface area contributed by atoms with E-state index in [4.69, 9.17) is 10.2 Å². The van der Waals surface area contributed by atoms with Gasteiger partial charge in [-0.25, -0.2) is 19.2 Å². The summed E-state index contributed by atoms with van der Waals surface area (Å²) in [6.07, 6.45) is -0.640. The van der Waals surface area contributed by atoms with Gasteiger partial charge in [0.05, 0.1) is 22.3 Å². The number of carboxylic acid groups (broad SMARTS) is 2. The van der Waals surface area contributed by atoms with Crippen LogP contribution in [0.25, 0.3) is 0 Å². The molecule has 0 aliphatic rings. The number of rotatable bonds is 8. The van der Waals surface area contributed by atoms with Crippen LogP contribution in [-0.2, 0) is 19.1 Å². The summed E-state index contributed by atoms with van der Waals surface area (Å²) in [4.78, 5) is 68.6. The maximum absolute atomic E-state index is 11.8. The predicted octanol–water partition coefficient (Wildman–Crippen LogP) is 2.32. The predicted molar refractivity (Wildman–Crippen MR) is 101 cm³/mol. The van der Waals surface area contributed by atoms with Crippen molar-refractivity contribution in [2.45, 2.75) is 19.3 Å². The zero-order chi connectivity index (χ0) is 23.0. The molecule has 0 bridgehead atoms. The Morgan fingerprint density at radius 2 is 0.839 bits per heavy atom. The molecule has 31 heavy (non-hydrogen) atoms. The van der Waals surface area contributed by atoms with Crippen molar-refractivity contribution in [2.75, 3.05) is 0 Å². The number of benzene rings is 2. The van der Waals surface area contributed by atoms with Crippen LogP contribution in [0, 0.1) is 0 Å². The highest BCUT2D eigenvalue weighted by molar-refractivity contribution is 5.99. The Morgan fingerprint density at radius 1 is 0.548 bits per heavy atom. The summed E-state index contributed by atoms with van der Waals surface area (Å²) in [5, 5.41) is 17.6. The van der Waals surface area contributed by atoms with E-state index >= 15 is 0 Å². The molecule has 160 valence electrons. The third kappa shape index (κ3) is 6.89. The Bertz CT molecular complexity index is 936. The molecule has 2 aromatic rings. The zero-order valence-electron chi connectivity index (χ0n) is 15.9. The van der Waals surface area contributed by atoms with E-state index in [1.807, 2.05) is 0 Å². The Morgan fingerprint density at radius 3 is 1.13 bits per heavy atom. The lowest BCUT2D eigenvalue weighted by Gasteiger charge is -2.05. The van der Waals surface area contributed by atoms with Gasteiger partial charge in [-0.15, -0.1) is 0 Å². The van der Waals surface area contributed by atoms with E-state index in [9.17, 15) is 28.8 Å². The molecular weight excluding hydrogens is 412 g/mol. The summed E-state index contributed by atoms with van der Waals surface area (Å²) < 4.78 is 9.21. The van der Waals surface area contributed by atoms with Gasteiger partial charge in [0.1, 0.15) is 0 Å². The van der Waals surface area contributed by atoms with E-state index in [1.165, 1.54) is 48.5 Å². The Labute approximate surface area is 175 Å². The van der Waals surface area contributed by atoms with Crippen molar-refractivity contribution in [2.24, 2.45) is 0 Å². The average molecular weight is 428 g/mol. The summed E-state index contributed by atoms with van der Waals surface area (Å²) in [5.41, 5.74) is -0.0999. The molecule has 0 amide bonds. The molecule has 10 heteroatoms. The van der Waals surface area contributed by atoms with Crippen LogP contribution in [0.15, 0.2) is 48.5 Å². The maximum Gasteiger partial charge on any atom is 0.345 e. The molecule has 0 saturated carbocycles. The van der Waals surface area contributed by atoms with Crippen molar-refractivity contribution in [3.63, 3.8) is 0 Å². The molecule has 0 spiro atoms. The van der Waals surface area contributed by atoms with Crippen molar-refractivity contribution >= 4 is 35.8 Å². The second-order valence-electron chi connectivity index (χ2n) is 6.14. The highest BCUT2D eigenvalue weighted by atomic mass is 16.6. The summed E-state index contributed by atoms with van der Waals surface area (Å²) in [5.74, 6) is -6.09. The van der Waals surface area contributed by atoms with Crippen LogP contribution in [-0.4, -0.2) is 46.0 Å². The molecule has 0 atom stereocenters. The van der Waals surface area contributed by atoms with Gasteiger partial charge in [-0.3, -0.25) is 9.59 Å². The molecule has 0 aromatic heterocycles.